The molecule has 1 heterocycles. The zero-order chi connectivity index (χ0) is 17.6. The first-order chi connectivity index (χ1) is 12.1. The molecule has 0 saturated carbocycles. The molecule has 1 amide bonds. The molecule has 0 aliphatic carbocycles. The molecule has 0 bridgehead atoms. The maximum atomic E-state index is 13.1. The van der Waals surface area contributed by atoms with Crippen LogP contribution in [0.15, 0.2) is 76.1 Å². The Labute approximate surface area is 142 Å². The third-order valence-electron chi connectivity index (χ3n) is 3.34. The summed E-state index contributed by atoms with van der Waals surface area (Å²) in [6, 6.07) is 15.8. The average molecular weight is 339 g/mol. The number of hydrogen-bond donors (Lipinski definition) is 1. The molecular formula is C19H14FNO4. The highest BCUT2D eigenvalue weighted by Crippen LogP contribution is 2.13. The summed E-state index contributed by atoms with van der Waals surface area (Å²) in [6.45, 7) is 0.209. The molecule has 3 rings (SSSR count). The lowest BCUT2D eigenvalue weighted by Gasteiger charge is -2.07. The molecule has 0 atom stereocenters. The van der Waals surface area contributed by atoms with Gasteiger partial charge in [-0.2, -0.15) is 0 Å². The molecule has 0 aliphatic heterocycles. The van der Waals surface area contributed by atoms with Gasteiger partial charge in [-0.3, -0.25) is 9.59 Å². The first-order valence-electron chi connectivity index (χ1n) is 7.48. The number of nitrogens with one attached hydrogen (secondary N) is 1. The summed E-state index contributed by atoms with van der Waals surface area (Å²) in [5, 5.41) is 2.45. The standard InChI is InChI=1S/C19H14FNO4/c20-14-7-4-8-15(9-14)21-19(23)17-10-16(22)18(12-25-17)24-11-13-5-2-1-3-6-13/h1-10,12H,11H2,(H,21,23). The van der Waals surface area contributed by atoms with E-state index in [9.17, 15) is 14.0 Å². The molecule has 2 aromatic carbocycles. The number of carbonyl (C=O) groups excluding carboxylic acids is 1. The molecule has 0 spiro atoms. The quantitative estimate of drug-likeness (QED) is 0.771. The van der Waals surface area contributed by atoms with Gasteiger partial charge in [0.2, 0.25) is 11.2 Å². The number of carbonyl (C=O) groups is 1. The summed E-state index contributed by atoms with van der Waals surface area (Å²) in [4.78, 5) is 24.1. The van der Waals surface area contributed by atoms with Gasteiger partial charge in [0.15, 0.2) is 5.76 Å². The fourth-order valence-corrected chi connectivity index (χ4v) is 2.12. The van der Waals surface area contributed by atoms with Crippen LogP contribution in [-0.4, -0.2) is 5.91 Å². The van der Waals surface area contributed by atoms with Crippen molar-refractivity contribution in [2.75, 3.05) is 5.32 Å². The van der Waals surface area contributed by atoms with Gasteiger partial charge >= 0.3 is 0 Å². The highest BCUT2D eigenvalue weighted by atomic mass is 19.1. The molecular weight excluding hydrogens is 325 g/mol. The molecule has 0 fully saturated rings. The number of hydrogen-bond acceptors (Lipinski definition) is 4. The van der Waals surface area contributed by atoms with E-state index >= 15 is 0 Å². The van der Waals surface area contributed by atoms with E-state index in [0.29, 0.717) is 0 Å². The lowest BCUT2D eigenvalue weighted by molar-refractivity contribution is 0.0993. The summed E-state index contributed by atoms with van der Waals surface area (Å²) in [5.41, 5.74) is 0.679. The Balaban J connectivity index is 1.68. The zero-order valence-corrected chi connectivity index (χ0v) is 13.1. The molecule has 0 saturated heterocycles. The zero-order valence-electron chi connectivity index (χ0n) is 13.1. The monoisotopic (exact) mass is 339 g/mol. The molecule has 1 aromatic heterocycles. The number of halogens is 1. The molecule has 5 nitrogen and oxygen atoms in total. The van der Waals surface area contributed by atoms with E-state index < -0.39 is 17.2 Å². The summed E-state index contributed by atoms with van der Waals surface area (Å²) in [6.07, 6.45) is 1.09. The van der Waals surface area contributed by atoms with Crippen molar-refractivity contribution in [2.45, 2.75) is 6.61 Å². The van der Waals surface area contributed by atoms with Crippen molar-refractivity contribution >= 4 is 11.6 Å². The van der Waals surface area contributed by atoms with Gasteiger partial charge in [-0.15, -0.1) is 0 Å². The number of ether oxygens (including phenoxy) is 1. The Bertz CT molecular complexity index is 937. The van der Waals surface area contributed by atoms with Crippen molar-refractivity contribution < 1.29 is 18.3 Å². The molecule has 6 heteroatoms. The molecule has 0 unspecified atom stereocenters. The number of anilines is 1. The minimum absolute atomic E-state index is 0.00570. The molecule has 25 heavy (non-hydrogen) atoms. The predicted molar refractivity (Wildman–Crippen MR) is 90.1 cm³/mol. The second-order valence-corrected chi connectivity index (χ2v) is 5.21. The Morgan fingerprint density at radius 3 is 2.60 bits per heavy atom. The maximum absolute atomic E-state index is 13.1. The van der Waals surface area contributed by atoms with E-state index in [2.05, 4.69) is 5.32 Å². The lowest BCUT2D eigenvalue weighted by atomic mass is 10.2. The van der Waals surface area contributed by atoms with Crippen LogP contribution in [0, 0.1) is 5.82 Å². The van der Waals surface area contributed by atoms with Gasteiger partial charge in [0, 0.05) is 11.8 Å². The Hall–Kier alpha value is -3.41. The van der Waals surface area contributed by atoms with Gasteiger partial charge < -0.3 is 14.5 Å². The summed E-state index contributed by atoms with van der Waals surface area (Å²) >= 11 is 0. The fraction of sp³-hybridized carbons (Fsp3) is 0.0526. The second kappa shape index (κ2) is 7.44. The van der Waals surface area contributed by atoms with E-state index in [0.717, 1.165) is 24.0 Å². The molecule has 0 aliphatic rings. The van der Waals surface area contributed by atoms with Gasteiger partial charge in [0.05, 0.1) is 0 Å². The smallest absolute Gasteiger partial charge is 0.291 e. The van der Waals surface area contributed by atoms with Crippen LogP contribution in [0.3, 0.4) is 0 Å². The maximum Gasteiger partial charge on any atom is 0.291 e. The predicted octanol–water partition coefficient (Wildman–Crippen LogP) is 3.61. The molecule has 126 valence electrons. The van der Waals surface area contributed by atoms with Gasteiger partial charge in [-0.1, -0.05) is 36.4 Å². The van der Waals surface area contributed by atoms with Crippen LogP contribution in [0.25, 0.3) is 0 Å². The third-order valence-corrected chi connectivity index (χ3v) is 3.34. The number of amides is 1. The van der Waals surface area contributed by atoms with Crippen molar-refractivity contribution in [3.8, 4) is 5.75 Å². The minimum atomic E-state index is -0.655. The van der Waals surface area contributed by atoms with E-state index in [4.69, 9.17) is 9.15 Å². The fourth-order valence-electron chi connectivity index (χ4n) is 2.12. The average Bonchev–Trinajstić information content (AvgIpc) is 2.61. The third kappa shape index (κ3) is 4.32. The van der Waals surface area contributed by atoms with Crippen molar-refractivity contribution in [2.24, 2.45) is 0 Å². The van der Waals surface area contributed by atoms with E-state index in [-0.39, 0.29) is 23.8 Å². The van der Waals surface area contributed by atoms with Crippen LogP contribution >= 0.6 is 0 Å². The second-order valence-electron chi connectivity index (χ2n) is 5.21. The minimum Gasteiger partial charge on any atom is -0.482 e. The SMILES string of the molecule is O=C(Nc1cccc(F)c1)c1cc(=O)c(OCc2ccccc2)co1. The largest absolute Gasteiger partial charge is 0.482 e. The molecule has 3 aromatic rings. The number of rotatable bonds is 5. The number of benzene rings is 2. The molecule has 0 radical (unpaired) electrons. The van der Waals surface area contributed by atoms with Crippen molar-refractivity contribution in [3.63, 3.8) is 0 Å². The van der Waals surface area contributed by atoms with Gasteiger partial charge in [0.1, 0.15) is 18.7 Å². The Morgan fingerprint density at radius 2 is 1.88 bits per heavy atom. The lowest BCUT2D eigenvalue weighted by Crippen LogP contribution is -2.15. The van der Waals surface area contributed by atoms with Crippen LogP contribution in [0.2, 0.25) is 0 Å². The van der Waals surface area contributed by atoms with E-state index in [1.165, 1.54) is 18.2 Å². The highest BCUT2D eigenvalue weighted by Gasteiger charge is 2.13. The van der Waals surface area contributed by atoms with Gasteiger partial charge in [-0.05, 0) is 23.8 Å². The van der Waals surface area contributed by atoms with Gasteiger partial charge in [0.25, 0.3) is 5.91 Å². The summed E-state index contributed by atoms with van der Waals surface area (Å²) in [7, 11) is 0. The highest BCUT2D eigenvalue weighted by molar-refractivity contribution is 6.02. The van der Waals surface area contributed by atoms with Gasteiger partial charge in [-0.25, -0.2) is 4.39 Å². The normalized spacial score (nSPS) is 10.3. The van der Waals surface area contributed by atoms with Crippen LogP contribution in [0.5, 0.6) is 5.75 Å². The van der Waals surface area contributed by atoms with Crippen LogP contribution in [0.4, 0.5) is 10.1 Å². The van der Waals surface area contributed by atoms with Crippen molar-refractivity contribution in [1.29, 1.82) is 0 Å². The summed E-state index contributed by atoms with van der Waals surface area (Å²) < 4.78 is 23.7. The summed E-state index contributed by atoms with van der Waals surface area (Å²) in [5.74, 6) is -1.33. The van der Waals surface area contributed by atoms with Crippen LogP contribution < -0.4 is 15.5 Å². The topological polar surface area (TPSA) is 68.5 Å². The molecule has 1 N–H and O–H groups in total. The van der Waals surface area contributed by atoms with Crippen LogP contribution in [0.1, 0.15) is 16.1 Å². The van der Waals surface area contributed by atoms with E-state index in [1.807, 2.05) is 30.3 Å². The van der Waals surface area contributed by atoms with Crippen LogP contribution in [-0.2, 0) is 6.61 Å². The van der Waals surface area contributed by atoms with E-state index in [1.54, 1.807) is 0 Å². The van der Waals surface area contributed by atoms with Crippen molar-refractivity contribution in [3.05, 3.63) is 94.3 Å². The van der Waals surface area contributed by atoms with Crippen molar-refractivity contribution in [1.82, 2.24) is 0 Å². The first-order valence-corrected chi connectivity index (χ1v) is 7.48. The Kier molecular flexibility index (Phi) is 4.89. The Morgan fingerprint density at radius 1 is 1.08 bits per heavy atom. The first kappa shape index (κ1) is 16.4.